The number of rotatable bonds is 3. The van der Waals surface area contributed by atoms with Crippen molar-refractivity contribution in [1.82, 2.24) is 10.2 Å². The molecular formula is C17H22FN3. The van der Waals surface area contributed by atoms with E-state index in [1.165, 1.54) is 31.7 Å². The largest absolute Gasteiger partial charge is 0.314 e. The summed E-state index contributed by atoms with van der Waals surface area (Å²) in [5.41, 5.74) is 1.32. The fraction of sp³-hybridized carbons (Fsp3) is 0.588. The van der Waals surface area contributed by atoms with Crippen LogP contribution in [0.5, 0.6) is 0 Å². The minimum atomic E-state index is -0.310. The molecule has 1 aromatic rings. The van der Waals surface area contributed by atoms with E-state index in [4.69, 9.17) is 5.26 Å². The Morgan fingerprint density at radius 1 is 1.29 bits per heavy atom. The van der Waals surface area contributed by atoms with E-state index >= 15 is 0 Å². The third kappa shape index (κ3) is 3.61. The van der Waals surface area contributed by atoms with Crippen LogP contribution in [0.1, 0.15) is 36.8 Å². The summed E-state index contributed by atoms with van der Waals surface area (Å²) in [5, 5.41) is 12.5. The molecule has 21 heavy (non-hydrogen) atoms. The average molecular weight is 287 g/mol. The number of hydrogen-bond acceptors (Lipinski definition) is 3. The molecule has 2 heterocycles. The van der Waals surface area contributed by atoms with Crippen LogP contribution in [-0.2, 0) is 6.54 Å². The van der Waals surface area contributed by atoms with Gasteiger partial charge in [-0.25, -0.2) is 4.39 Å². The van der Waals surface area contributed by atoms with Crippen LogP contribution in [0.25, 0.3) is 0 Å². The Kier molecular flexibility index (Phi) is 4.52. The molecule has 1 aromatic carbocycles. The standard InChI is InChI=1S/C17H22FN3/c18-16-8-13(10-19)7-14(9-16)11-21-6-2-3-15(12-21)17-4-1-5-20-17/h7-9,15,17,20H,1-6,11-12H2. The van der Waals surface area contributed by atoms with Crippen LogP contribution in [0.3, 0.4) is 0 Å². The van der Waals surface area contributed by atoms with Crippen LogP contribution < -0.4 is 5.32 Å². The zero-order valence-electron chi connectivity index (χ0n) is 12.3. The molecule has 2 aliphatic rings. The van der Waals surface area contributed by atoms with E-state index in [1.807, 2.05) is 6.07 Å². The summed E-state index contributed by atoms with van der Waals surface area (Å²) in [4.78, 5) is 2.41. The number of benzene rings is 1. The summed E-state index contributed by atoms with van der Waals surface area (Å²) >= 11 is 0. The molecule has 0 amide bonds. The van der Waals surface area contributed by atoms with E-state index in [-0.39, 0.29) is 5.82 Å². The number of nitrogens with one attached hydrogen (secondary N) is 1. The first-order valence-corrected chi connectivity index (χ1v) is 7.90. The lowest BCUT2D eigenvalue weighted by atomic mass is 9.89. The molecule has 2 aliphatic heterocycles. The van der Waals surface area contributed by atoms with Crippen molar-refractivity contribution in [3.63, 3.8) is 0 Å². The highest BCUT2D eigenvalue weighted by molar-refractivity contribution is 5.33. The maximum absolute atomic E-state index is 13.5. The highest BCUT2D eigenvalue weighted by Gasteiger charge is 2.28. The SMILES string of the molecule is N#Cc1cc(F)cc(CN2CCCC(C3CCCN3)C2)c1. The second-order valence-corrected chi connectivity index (χ2v) is 6.30. The highest BCUT2D eigenvalue weighted by Crippen LogP contribution is 2.25. The summed E-state index contributed by atoms with van der Waals surface area (Å²) in [7, 11) is 0. The second kappa shape index (κ2) is 6.55. The molecule has 0 spiro atoms. The molecule has 2 unspecified atom stereocenters. The van der Waals surface area contributed by atoms with Gasteiger partial charge in [-0.05, 0) is 68.5 Å². The highest BCUT2D eigenvalue weighted by atomic mass is 19.1. The zero-order valence-corrected chi connectivity index (χ0v) is 12.3. The third-order valence-electron chi connectivity index (χ3n) is 4.70. The average Bonchev–Trinajstić information content (AvgIpc) is 3.01. The Hall–Kier alpha value is -1.44. The maximum Gasteiger partial charge on any atom is 0.124 e. The van der Waals surface area contributed by atoms with Crippen molar-refractivity contribution in [2.45, 2.75) is 38.3 Å². The Labute approximate surface area is 125 Å². The quantitative estimate of drug-likeness (QED) is 0.929. The Balaban J connectivity index is 1.64. The number of likely N-dealkylation sites (tertiary alicyclic amines) is 1. The summed E-state index contributed by atoms with van der Waals surface area (Å²) < 4.78 is 13.5. The maximum atomic E-state index is 13.5. The van der Waals surface area contributed by atoms with Crippen LogP contribution in [0, 0.1) is 23.1 Å². The first-order valence-electron chi connectivity index (χ1n) is 7.90. The molecule has 0 radical (unpaired) electrons. The molecule has 1 N–H and O–H groups in total. The normalized spacial score (nSPS) is 26.7. The van der Waals surface area contributed by atoms with Crippen molar-refractivity contribution in [2.24, 2.45) is 5.92 Å². The topological polar surface area (TPSA) is 39.1 Å². The molecule has 4 heteroatoms. The number of halogens is 1. The van der Waals surface area contributed by atoms with Crippen molar-refractivity contribution in [3.8, 4) is 6.07 Å². The Morgan fingerprint density at radius 3 is 2.95 bits per heavy atom. The molecule has 2 atom stereocenters. The molecule has 3 rings (SSSR count). The smallest absolute Gasteiger partial charge is 0.124 e. The monoisotopic (exact) mass is 287 g/mol. The molecule has 3 nitrogen and oxygen atoms in total. The molecule has 2 saturated heterocycles. The first kappa shape index (κ1) is 14.5. The van der Waals surface area contributed by atoms with Crippen LogP contribution in [-0.4, -0.2) is 30.6 Å². The van der Waals surface area contributed by atoms with Crippen molar-refractivity contribution < 1.29 is 4.39 Å². The fourth-order valence-electron chi connectivity index (χ4n) is 3.74. The summed E-state index contributed by atoms with van der Waals surface area (Å²) in [6, 6.07) is 7.35. The van der Waals surface area contributed by atoms with Gasteiger partial charge in [0.05, 0.1) is 11.6 Å². The van der Waals surface area contributed by atoms with E-state index in [9.17, 15) is 4.39 Å². The molecule has 2 fully saturated rings. The Morgan fingerprint density at radius 2 is 2.19 bits per heavy atom. The second-order valence-electron chi connectivity index (χ2n) is 6.30. The van der Waals surface area contributed by atoms with Crippen molar-refractivity contribution in [3.05, 3.63) is 35.1 Å². The minimum Gasteiger partial charge on any atom is -0.314 e. The molecular weight excluding hydrogens is 265 g/mol. The molecule has 0 bridgehead atoms. The summed E-state index contributed by atoms with van der Waals surface area (Å²) in [6.07, 6.45) is 5.08. The Bertz CT molecular complexity index is 531. The molecule has 0 aliphatic carbocycles. The van der Waals surface area contributed by atoms with Gasteiger partial charge >= 0.3 is 0 Å². The van der Waals surface area contributed by atoms with Crippen LogP contribution in [0.2, 0.25) is 0 Å². The molecule has 0 saturated carbocycles. The third-order valence-corrected chi connectivity index (χ3v) is 4.70. The van der Waals surface area contributed by atoms with Gasteiger partial charge in [-0.15, -0.1) is 0 Å². The van der Waals surface area contributed by atoms with Gasteiger partial charge in [0.1, 0.15) is 5.82 Å². The lowest BCUT2D eigenvalue weighted by Gasteiger charge is -2.35. The van der Waals surface area contributed by atoms with Gasteiger partial charge in [0, 0.05) is 19.1 Å². The van der Waals surface area contributed by atoms with E-state index in [1.54, 1.807) is 12.1 Å². The van der Waals surface area contributed by atoms with Gasteiger partial charge < -0.3 is 5.32 Å². The lowest BCUT2D eigenvalue weighted by Crippen LogP contribution is -2.43. The van der Waals surface area contributed by atoms with Crippen molar-refractivity contribution in [2.75, 3.05) is 19.6 Å². The van der Waals surface area contributed by atoms with Gasteiger partial charge in [0.15, 0.2) is 0 Å². The van der Waals surface area contributed by atoms with Crippen LogP contribution in [0.4, 0.5) is 4.39 Å². The zero-order chi connectivity index (χ0) is 14.7. The van der Waals surface area contributed by atoms with E-state index in [0.29, 0.717) is 17.5 Å². The fourth-order valence-corrected chi connectivity index (χ4v) is 3.74. The summed E-state index contributed by atoms with van der Waals surface area (Å²) in [5.74, 6) is 0.403. The van der Waals surface area contributed by atoms with Crippen molar-refractivity contribution >= 4 is 0 Å². The van der Waals surface area contributed by atoms with E-state index in [0.717, 1.165) is 31.7 Å². The van der Waals surface area contributed by atoms with Gasteiger partial charge in [-0.2, -0.15) is 5.26 Å². The first-order chi connectivity index (χ1) is 10.2. The predicted octanol–water partition coefficient (Wildman–Crippen LogP) is 2.66. The van der Waals surface area contributed by atoms with Gasteiger partial charge in [0.2, 0.25) is 0 Å². The number of nitriles is 1. The van der Waals surface area contributed by atoms with E-state index < -0.39 is 0 Å². The summed E-state index contributed by atoms with van der Waals surface area (Å²) in [6.45, 7) is 4.05. The minimum absolute atomic E-state index is 0.310. The van der Waals surface area contributed by atoms with E-state index in [2.05, 4.69) is 10.2 Å². The van der Waals surface area contributed by atoms with Crippen LogP contribution >= 0.6 is 0 Å². The predicted molar refractivity (Wildman–Crippen MR) is 80.1 cm³/mol. The number of hydrogen-bond donors (Lipinski definition) is 1. The van der Waals surface area contributed by atoms with Gasteiger partial charge in [0.25, 0.3) is 0 Å². The van der Waals surface area contributed by atoms with Gasteiger partial charge in [-0.3, -0.25) is 4.90 Å². The molecule has 112 valence electrons. The number of piperidine rings is 1. The molecule has 0 aromatic heterocycles. The van der Waals surface area contributed by atoms with Crippen molar-refractivity contribution in [1.29, 1.82) is 5.26 Å². The van der Waals surface area contributed by atoms with Gasteiger partial charge in [-0.1, -0.05) is 0 Å². The lowest BCUT2D eigenvalue weighted by molar-refractivity contribution is 0.145. The number of nitrogens with zero attached hydrogens (tertiary/aromatic N) is 2. The van der Waals surface area contributed by atoms with Crippen LogP contribution in [0.15, 0.2) is 18.2 Å².